The summed E-state index contributed by atoms with van der Waals surface area (Å²) in [6.07, 6.45) is 1.91. The predicted octanol–water partition coefficient (Wildman–Crippen LogP) is 2.91. The maximum Gasteiger partial charge on any atom is 0.139 e. The zero-order valence-corrected chi connectivity index (χ0v) is 8.71. The molecule has 1 heterocycles. The number of hydrogen-bond donors (Lipinski definition) is 2. The largest absolute Gasteiger partial charge is 0.506 e. The third-order valence-corrected chi connectivity index (χ3v) is 3.62. The fourth-order valence-electron chi connectivity index (χ4n) is 1.31. The first-order valence-electron chi connectivity index (χ1n) is 3.76. The van der Waals surface area contributed by atoms with Crippen molar-refractivity contribution < 1.29 is 5.11 Å². The number of thiophene rings is 1. The fraction of sp³-hybridized carbons (Fsp3) is 0.111. The van der Waals surface area contributed by atoms with E-state index in [9.17, 15) is 5.11 Å². The number of thioether (sulfide) groups is 1. The molecule has 0 fully saturated rings. The van der Waals surface area contributed by atoms with Gasteiger partial charge in [-0.1, -0.05) is 0 Å². The lowest BCUT2D eigenvalue weighted by atomic mass is 10.2. The molecule has 68 valence electrons. The molecule has 0 atom stereocenters. The molecule has 0 aliphatic rings. The number of phenols is 1. The van der Waals surface area contributed by atoms with E-state index in [1.54, 1.807) is 11.3 Å². The van der Waals surface area contributed by atoms with Crippen molar-refractivity contribution in [2.24, 2.45) is 0 Å². The zero-order valence-electron chi connectivity index (χ0n) is 7.07. The second-order valence-corrected chi connectivity index (χ2v) is 4.44. The van der Waals surface area contributed by atoms with Crippen LogP contribution in [0.1, 0.15) is 0 Å². The van der Waals surface area contributed by atoms with Crippen molar-refractivity contribution in [2.75, 3.05) is 12.0 Å². The van der Waals surface area contributed by atoms with Gasteiger partial charge in [0.1, 0.15) is 5.75 Å². The maximum absolute atomic E-state index is 9.83. The van der Waals surface area contributed by atoms with Crippen LogP contribution in [0, 0.1) is 0 Å². The van der Waals surface area contributed by atoms with Crippen LogP contribution in [0.2, 0.25) is 0 Å². The Hall–Kier alpha value is -0.870. The van der Waals surface area contributed by atoms with Crippen LogP contribution in [-0.4, -0.2) is 11.4 Å². The van der Waals surface area contributed by atoms with E-state index < -0.39 is 0 Å². The van der Waals surface area contributed by atoms with Gasteiger partial charge in [0.05, 0.1) is 10.6 Å². The molecule has 2 rings (SSSR count). The van der Waals surface area contributed by atoms with Gasteiger partial charge in [0.25, 0.3) is 0 Å². The van der Waals surface area contributed by atoms with E-state index in [0.29, 0.717) is 11.4 Å². The van der Waals surface area contributed by atoms with Crippen molar-refractivity contribution in [1.82, 2.24) is 0 Å². The second-order valence-electron chi connectivity index (χ2n) is 2.68. The van der Waals surface area contributed by atoms with Crippen LogP contribution in [0.3, 0.4) is 0 Å². The Balaban J connectivity index is 2.85. The number of hydrogen-bond acceptors (Lipinski definition) is 4. The molecule has 3 N–H and O–H groups in total. The molecule has 2 nitrogen and oxygen atoms in total. The van der Waals surface area contributed by atoms with Gasteiger partial charge >= 0.3 is 0 Å². The van der Waals surface area contributed by atoms with Gasteiger partial charge in [0, 0.05) is 10.1 Å². The van der Waals surface area contributed by atoms with Gasteiger partial charge in [-0.2, -0.15) is 0 Å². The summed E-state index contributed by atoms with van der Waals surface area (Å²) in [6, 6.07) is 3.82. The highest BCUT2D eigenvalue weighted by atomic mass is 32.2. The van der Waals surface area contributed by atoms with Gasteiger partial charge in [0.15, 0.2) is 0 Å². The van der Waals surface area contributed by atoms with E-state index in [0.717, 1.165) is 15.0 Å². The highest BCUT2D eigenvalue weighted by Crippen LogP contribution is 2.40. The Morgan fingerprint density at radius 3 is 3.00 bits per heavy atom. The fourth-order valence-corrected chi connectivity index (χ4v) is 2.74. The maximum atomic E-state index is 9.83. The normalized spacial score (nSPS) is 10.8. The van der Waals surface area contributed by atoms with Crippen molar-refractivity contribution in [2.45, 2.75) is 4.90 Å². The first-order valence-corrected chi connectivity index (χ1v) is 5.87. The molecule has 4 heteroatoms. The standard InChI is InChI=1S/C9H9NOS2/c1-12-9-6(10)4-7-5(8(9)11)2-3-13-7/h2-4,11H,10H2,1H3. The van der Waals surface area contributed by atoms with Crippen molar-refractivity contribution in [3.8, 4) is 5.75 Å². The molecule has 0 bridgehead atoms. The SMILES string of the molecule is CSc1c(N)cc2sccc2c1O. The minimum absolute atomic E-state index is 0.309. The molecule has 0 amide bonds. The van der Waals surface area contributed by atoms with Gasteiger partial charge in [0.2, 0.25) is 0 Å². The Morgan fingerprint density at radius 1 is 1.54 bits per heavy atom. The number of rotatable bonds is 1. The zero-order chi connectivity index (χ0) is 9.42. The molecular weight excluding hydrogens is 202 g/mol. The van der Waals surface area contributed by atoms with E-state index in [2.05, 4.69) is 0 Å². The van der Waals surface area contributed by atoms with Gasteiger partial charge in [-0.05, 0) is 23.8 Å². The molecule has 1 aromatic carbocycles. The number of nitrogen functional groups attached to an aromatic ring is 1. The Bertz CT molecular complexity index is 450. The average molecular weight is 211 g/mol. The van der Waals surface area contributed by atoms with E-state index >= 15 is 0 Å². The lowest BCUT2D eigenvalue weighted by Gasteiger charge is -2.05. The van der Waals surface area contributed by atoms with Crippen LogP contribution in [0.4, 0.5) is 5.69 Å². The predicted molar refractivity (Wildman–Crippen MR) is 59.7 cm³/mol. The molecule has 0 spiro atoms. The molecule has 0 saturated heterocycles. The summed E-state index contributed by atoms with van der Waals surface area (Å²) < 4.78 is 1.04. The molecule has 0 saturated carbocycles. The summed E-state index contributed by atoms with van der Waals surface area (Å²) >= 11 is 3.06. The van der Waals surface area contributed by atoms with E-state index in [1.807, 2.05) is 23.8 Å². The second kappa shape index (κ2) is 3.12. The van der Waals surface area contributed by atoms with E-state index in [-0.39, 0.29) is 0 Å². The Morgan fingerprint density at radius 2 is 2.31 bits per heavy atom. The number of benzene rings is 1. The third-order valence-electron chi connectivity index (χ3n) is 1.92. The number of phenolic OH excluding ortho intramolecular Hbond substituents is 1. The smallest absolute Gasteiger partial charge is 0.139 e. The van der Waals surface area contributed by atoms with Gasteiger partial charge in [-0.3, -0.25) is 0 Å². The third kappa shape index (κ3) is 1.26. The number of fused-ring (bicyclic) bond motifs is 1. The topological polar surface area (TPSA) is 46.2 Å². The minimum Gasteiger partial charge on any atom is -0.506 e. The van der Waals surface area contributed by atoms with Gasteiger partial charge in [-0.25, -0.2) is 0 Å². The molecule has 0 aliphatic carbocycles. The molecule has 2 aromatic rings. The first kappa shape index (κ1) is 8.72. The van der Waals surface area contributed by atoms with Crippen LogP contribution in [0.5, 0.6) is 5.75 Å². The van der Waals surface area contributed by atoms with Gasteiger partial charge in [-0.15, -0.1) is 23.1 Å². The van der Waals surface area contributed by atoms with Crippen LogP contribution in [-0.2, 0) is 0 Å². The number of anilines is 1. The molecule has 0 radical (unpaired) electrons. The van der Waals surface area contributed by atoms with Crippen LogP contribution >= 0.6 is 23.1 Å². The molecule has 0 unspecified atom stereocenters. The van der Waals surface area contributed by atoms with Crippen molar-refractivity contribution >= 4 is 38.9 Å². The summed E-state index contributed by atoms with van der Waals surface area (Å²) in [6.45, 7) is 0. The average Bonchev–Trinajstić information content (AvgIpc) is 2.53. The van der Waals surface area contributed by atoms with Crippen molar-refractivity contribution in [3.63, 3.8) is 0 Å². The molecule has 0 aliphatic heterocycles. The monoisotopic (exact) mass is 211 g/mol. The Kier molecular flexibility index (Phi) is 2.09. The summed E-state index contributed by atoms with van der Waals surface area (Å²) in [5.74, 6) is 0.309. The minimum atomic E-state index is 0.309. The van der Waals surface area contributed by atoms with Crippen molar-refractivity contribution in [1.29, 1.82) is 0 Å². The summed E-state index contributed by atoms with van der Waals surface area (Å²) in [5, 5.41) is 12.7. The summed E-state index contributed by atoms with van der Waals surface area (Å²) in [5.41, 5.74) is 6.44. The van der Waals surface area contributed by atoms with E-state index in [1.165, 1.54) is 11.8 Å². The summed E-state index contributed by atoms with van der Waals surface area (Å²) in [7, 11) is 0. The lowest BCUT2D eigenvalue weighted by Crippen LogP contribution is -1.88. The number of aromatic hydroxyl groups is 1. The highest BCUT2D eigenvalue weighted by molar-refractivity contribution is 7.98. The first-order chi connectivity index (χ1) is 6.24. The van der Waals surface area contributed by atoms with Gasteiger partial charge < -0.3 is 10.8 Å². The van der Waals surface area contributed by atoms with Crippen molar-refractivity contribution in [3.05, 3.63) is 17.5 Å². The van der Waals surface area contributed by atoms with Crippen LogP contribution < -0.4 is 5.73 Å². The van der Waals surface area contributed by atoms with Crippen LogP contribution in [0.15, 0.2) is 22.4 Å². The molecule has 13 heavy (non-hydrogen) atoms. The molecule has 1 aromatic heterocycles. The quantitative estimate of drug-likeness (QED) is 0.563. The summed E-state index contributed by atoms with van der Waals surface area (Å²) in [4.78, 5) is 0.769. The molecular formula is C9H9NOS2. The number of nitrogens with two attached hydrogens (primary N) is 1. The van der Waals surface area contributed by atoms with E-state index in [4.69, 9.17) is 5.73 Å². The lowest BCUT2D eigenvalue weighted by molar-refractivity contribution is 0.470. The Labute approximate surface area is 84.4 Å². The highest BCUT2D eigenvalue weighted by Gasteiger charge is 2.10. The van der Waals surface area contributed by atoms with Crippen LogP contribution in [0.25, 0.3) is 10.1 Å².